The Morgan fingerprint density at radius 1 is 0.975 bits per heavy atom. The number of hydrogen-bond donors (Lipinski definition) is 2. The number of benzene rings is 3. The van der Waals surface area contributed by atoms with Gasteiger partial charge >= 0.3 is 5.97 Å². The first-order valence-corrected chi connectivity index (χ1v) is 13.8. The zero-order valence-corrected chi connectivity index (χ0v) is 23.5. The smallest absolute Gasteiger partial charge is 0.303 e. The van der Waals surface area contributed by atoms with Gasteiger partial charge in [0, 0.05) is 17.5 Å². The van der Waals surface area contributed by atoms with Gasteiger partial charge in [-0.1, -0.05) is 106 Å². The molecule has 1 heterocycles. The van der Waals surface area contributed by atoms with Crippen LogP contribution in [0.15, 0.2) is 78.9 Å². The molecular weight excluding hydrogens is 500 g/mol. The minimum Gasteiger partial charge on any atom is -0.488 e. The molecule has 1 aromatic heterocycles. The Hall–Kier alpha value is -4.26. The summed E-state index contributed by atoms with van der Waals surface area (Å²) in [7, 11) is 0. The fraction of sp³-hybridized carbons (Fsp3) is 0.333. The van der Waals surface area contributed by atoms with E-state index in [1.807, 2.05) is 30.3 Å². The van der Waals surface area contributed by atoms with Gasteiger partial charge in [0.15, 0.2) is 0 Å². The summed E-state index contributed by atoms with van der Waals surface area (Å²) in [4.78, 5) is 11.0. The van der Waals surface area contributed by atoms with Crippen LogP contribution in [0, 0.1) is 5.92 Å². The number of rotatable bonds is 13. The SMILES string of the molecule is CC(C)(C)c1ccc(COc2ccccc2/C=C/C(CCCCC(=O)O)Cc2ccc(-c3nn[nH]n3)cc2)cc1. The first kappa shape index (κ1) is 28.7. The van der Waals surface area contributed by atoms with E-state index in [0.717, 1.165) is 41.7 Å². The number of carboxylic acid groups (broad SMARTS) is 1. The average Bonchev–Trinajstić information content (AvgIpc) is 3.48. The number of allylic oxidation sites excluding steroid dienone is 1. The molecule has 0 saturated carbocycles. The van der Waals surface area contributed by atoms with Crippen LogP contribution >= 0.6 is 0 Å². The van der Waals surface area contributed by atoms with Crippen LogP contribution in [0.25, 0.3) is 17.5 Å². The lowest BCUT2D eigenvalue weighted by atomic mass is 9.87. The third kappa shape index (κ3) is 8.63. The van der Waals surface area contributed by atoms with E-state index in [1.165, 1.54) is 11.1 Å². The molecule has 0 fully saturated rings. The zero-order chi connectivity index (χ0) is 28.4. The van der Waals surface area contributed by atoms with E-state index in [9.17, 15) is 4.79 Å². The Morgan fingerprint density at radius 3 is 2.38 bits per heavy atom. The lowest BCUT2D eigenvalue weighted by molar-refractivity contribution is -0.137. The number of hydrogen-bond acceptors (Lipinski definition) is 5. The Morgan fingerprint density at radius 2 is 1.70 bits per heavy atom. The maximum Gasteiger partial charge on any atom is 0.303 e. The first-order valence-electron chi connectivity index (χ1n) is 13.8. The maximum absolute atomic E-state index is 11.0. The molecule has 1 atom stereocenters. The molecule has 0 saturated heterocycles. The molecule has 0 aliphatic rings. The Kier molecular flexibility index (Phi) is 9.84. The van der Waals surface area contributed by atoms with Crippen LogP contribution in [0.2, 0.25) is 0 Å². The quantitative estimate of drug-likeness (QED) is 0.174. The topological polar surface area (TPSA) is 101 Å². The predicted octanol–water partition coefficient (Wildman–Crippen LogP) is 7.26. The van der Waals surface area contributed by atoms with Gasteiger partial charge in [-0.05, 0) is 58.6 Å². The molecule has 0 aliphatic carbocycles. The van der Waals surface area contributed by atoms with E-state index < -0.39 is 5.97 Å². The van der Waals surface area contributed by atoms with Crippen molar-refractivity contribution in [1.82, 2.24) is 20.6 Å². The molecule has 40 heavy (non-hydrogen) atoms. The minimum absolute atomic E-state index is 0.122. The van der Waals surface area contributed by atoms with Gasteiger partial charge in [0.1, 0.15) is 12.4 Å². The van der Waals surface area contributed by atoms with E-state index in [2.05, 4.69) is 96.0 Å². The van der Waals surface area contributed by atoms with Crippen molar-refractivity contribution in [3.8, 4) is 17.1 Å². The molecule has 208 valence electrons. The van der Waals surface area contributed by atoms with Gasteiger partial charge in [-0.2, -0.15) is 5.21 Å². The van der Waals surface area contributed by atoms with Gasteiger partial charge in [0.25, 0.3) is 0 Å². The van der Waals surface area contributed by atoms with Crippen LogP contribution in [0.4, 0.5) is 0 Å². The molecule has 2 N–H and O–H groups in total. The third-order valence-electron chi connectivity index (χ3n) is 6.95. The zero-order valence-electron chi connectivity index (χ0n) is 23.5. The first-order chi connectivity index (χ1) is 19.3. The van der Waals surface area contributed by atoms with Crippen LogP contribution in [0.5, 0.6) is 5.75 Å². The highest BCUT2D eigenvalue weighted by Gasteiger charge is 2.13. The number of carbonyl (C=O) groups is 1. The number of aliphatic carboxylic acids is 1. The van der Waals surface area contributed by atoms with Crippen LogP contribution in [0.3, 0.4) is 0 Å². The molecular formula is C33H38N4O3. The number of nitrogens with one attached hydrogen (secondary N) is 1. The van der Waals surface area contributed by atoms with Gasteiger partial charge in [-0.15, -0.1) is 10.2 Å². The summed E-state index contributed by atoms with van der Waals surface area (Å²) >= 11 is 0. The fourth-order valence-electron chi connectivity index (χ4n) is 4.58. The summed E-state index contributed by atoms with van der Waals surface area (Å²) < 4.78 is 6.24. The van der Waals surface area contributed by atoms with Gasteiger partial charge in [0.2, 0.25) is 5.82 Å². The monoisotopic (exact) mass is 538 g/mol. The molecule has 0 spiro atoms. The number of carboxylic acids is 1. The molecule has 1 unspecified atom stereocenters. The normalized spacial score (nSPS) is 12.5. The number of ether oxygens (including phenoxy) is 1. The number of aromatic nitrogens is 4. The molecule has 4 rings (SSSR count). The van der Waals surface area contributed by atoms with Crippen molar-refractivity contribution in [2.24, 2.45) is 5.92 Å². The predicted molar refractivity (Wildman–Crippen MR) is 158 cm³/mol. The second-order valence-electron chi connectivity index (χ2n) is 11.2. The number of unbranched alkanes of at least 4 members (excludes halogenated alkanes) is 1. The second-order valence-corrected chi connectivity index (χ2v) is 11.2. The van der Waals surface area contributed by atoms with Crippen LogP contribution in [-0.4, -0.2) is 31.7 Å². The third-order valence-corrected chi connectivity index (χ3v) is 6.95. The van der Waals surface area contributed by atoms with E-state index in [1.54, 1.807) is 0 Å². The largest absolute Gasteiger partial charge is 0.488 e. The van der Waals surface area contributed by atoms with Crippen LogP contribution < -0.4 is 4.74 Å². The van der Waals surface area contributed by atoms with Gasteiger partial charge < -0.3 is 9.84 Å². The maximum atomic E-state index is 11.0. The van der Waals surface area contributed by atoms with Crippen molar-refractivity contribution in [2.75, 3.05) is 0 Å². The van der Waals surface area contributed by atoms with Gasteiger partial charge in [-0.3, -0.25) is 4.79 Å². The molecule has 0 aliphatic heterocycles. The molecule has 7 nitrogen and oxygen atoms in total. The van der Waals surface area contributed by atoms with Crippen molar-refractivity contribution in [2.45, 2.75) is 64.9 Å². The van der Waals surface area contributed by atoms with Crippen molar-refractivity contribution in [3.05, 3.63) is 101 Å². The van der Waals surface area contributed by atoms with Crippen molar-refractivity contribution in [3.63, 3.8) is 0 Å². The van der Waals surface area contributed by atoms with Crippen molar-refractivity contribution < 1.29 is 14.6 Å². The summed E-state index contributed by atoms with van der Waals surface area (Å²) in [6, 6.07) is 24.9. The highest BCUT2D eigenvalue weighted by molar-refractivity contribution is 5.66. The minimum atomic E-state index is -0.747. The summed E-state index contributed by atoms with van der Waals surface area (Å²) in [5.41, 5.74) is 5.69. The lowest BCUT2D eigenvalue weighted by Gasteiger charge is -2.19. The Bertz CT molecular complexity index is 1370. The summed E-state index contributed by atoms with van der Waals surface area (Å²) in [5, 5.41) is 23.2. The summed E-state index contributed by atoms with van der Waals surface area (Å²) in [6.45, 7) is 7.14. The molecule has 0 radical (unpaired) electrons. The van der Waals surface area contributed by atoms with E-state index in [4.69, 9.17) is 9.84 Å². The number of nitrogens with zero attached hydrogens (tertiary/aromatic N) is 3. The van der Waals surface area contributed by atoms with E-state index in [-0.39, 0.29) is 17.8 Å². The number of aromatic amines is 1. The van der Waals surface area contributed by atoms with Gasteiger partial charge in [-0.25, -0.2) is 0 Å². The van der Waals surface area contributed by atoms with E-state index in [0.29, 0.717) is 18.9 Å². The molecule has 7 heteroatoms. The summed E-state index contributed by atoms with van der Waals surface area (Å²) in [5.74, 6) is 0.914. The average molecular weight is 539 g/mol. The van der Waals surface area contributed by atoms with Crippen LogP contribution in [0.1, 0.15) is 68.7 Å². The Balaban J connectivity index is 1.44. The van der Waals surface area contributed by atoms with E-state index >= 15 is 0 Å². The Labute approximate surface area is 236 Å². The lowest BCUT2D eigenvalue weighted by Crippen LogP contribution is -2.10. The summed E-state index contributed by atoms with van der Waals surface area (Å²) in [6.07, 6.45) is 7.83. The van der Waals surface area contributed by atoms with Crippen molar-refractivity contribution >= 4 is 12.0 Å². The number of para-hydroxylation sites is 1. The molecule has 4 aromatic rings. The standard InChI is InChI=1S/C33H38N4O3/c1-33(2,3)29-20-15-26(16-21-29)23-40-30-10-6-5-9-27(30)17-12-24(8-4-7-11-31(38)39)22-25-13-18-28(19-14-25)32-34-36-37-35-32/h5-6,9-10,12-21,24H,4,7-8,11,22-23H2,1-3H3,(H,38,39)(H,34,35,36,37)/b17-12+. The number of tetrazole rings is 1. The number of H-pyrrole nitrogens is 1. The van der Waals surface area contributed by atoms with Gasteiger partial charge in [0.05, 0.1) is 0 Å². The molecule has 0 bridgehead atoms. The second kappa shape index (κ2) is 13.7. The molecule has 3 aromatic carbocycles. The molecule has 0 amide bonds. The highest BCUT2D eigenvalue weighted by Crippen LogP contribution is 2.26. The fourth-order valence-corrected chi connectivity index (χ4v) is 4.58. The highest BCUT2D eigenvalue weighted by atomic mass is 16.5. The van der Waals surface area contributed by atoms with Crippen molar-refractivity contribution in [1.29, 1.82) is 0 Å². The van der Waals surface area contributed by atoms with Crippen LogP contribution in [-0.2, 0) is 23.2 Å².